The fraction of sp³-hybridized carbons (Fsp3) is 0.207. The maximum atomic E-state index is 13.2. The summed E-state index contributed by atoms with van der Waals surface area (Å²) in [5, 5.41) is 5.04. The molecule has 4 aromatic rings. The molecule has 0 fully saturated rings. The van der Waals surface area contributed by atoms with Crippen molar-refractivity contribution in [3.8, 4) is 11.5 Å². The summed E-state index contributed by atoms with van der Waals surface area (Å²) < 4.78 is 14.3. The Labute approximate surface area is 219 Å². The van der Waals surface area contributed by atoms with Crippen molar-refractivity contribution < 1.29 is 9.47 Å². The molecular weight excluding hydrogens is 518 g/mol. The number of hydrogen-bond acceptors (Lipinski definition) is 5. The normalized spacial score (nSPS) is 11.2. The largest absolute Gasteiger partial charge is 0.490 e. The van der Waals surface area contributed by atoms with Gasteiger partial charge in [0, 0.05) is 16.5 Å². The summed E-state index contributed by atoms with van der Waals surface area (Å²) in [5.41, 5.74) is 3.21. The highest BCUT2D eigenvalue weighted by molar-refractivity contribution is 9.10. The summed E-state index contributed by atoms with van der Waals surface area (Å²) in [7, 11) is 0. The molecule has 0 saturated heterocycles. The van der Waals surface area contributed by atoms with Gasteiger partial charge < -0.3 is 9.47 Å². The molecule has 0 atom stereocenters. The second-order valence-electron chi connectivity index (χ2n) is 8.11. The van der Waals surface area contributed by atoms with E-state index in [9.17, 15) is 4.79 Å². The highest BCUT2D eigenvalue weighted by Crippen LogP contribution is 2.34. The van der Waals surface area contributed by atoms with Crippen LogP contribution in [0.25, 0.3) is 10.9 Å². The number of nitrogens with zero attached hydrogens (tertiary/aromatic N) is 3. The number of aryl methyl sites for hydroxylation is 1. The molecule has 0 aliphatic carbocycles. The van der Waals surface area contributed by atoms with E-state index in [4.69, 9.17) is 9.47 Å². The Hall–Kier alpha value is -3.71. The first-order chi connectivity index (χ1) is 17.5. The van der Waals surface area contributed by atoms with E-state index in [1.807, 2.05) is 74.5 Å². The minimum Gasteiger partial charge on any atom is -0.490 e. The lowest BCUT2D eigenvalue weighted by molar-refractivity contribution is 0.267. The lowest BCUT2D eigenvalue weighted by Gasteiger charge is -2.17. The number of rotatable bonds is 10. The Bertz CT molecular complexity index is 1460. The predicted octanol–water partition coefficient (Wildman–Crippen LogP) is 6.31. The number of allylic oxidation sites excluding steroid dienone is 1. The molecule has 4 rings (SSSR count). The van der Waals surface area contributed by atoms with E-state index in [0.717, 1.165) is 21.2 Å². The summed E-state index contributed by atoms with van der Waals surface area (Å²) in [6.07, 6.45) is 4.64. The maximum Gasteiger partial charge on any atom is 0.282 e. The van der Waals surface area contributed by atoms with Crippen LogP contribution in [-0.4, -0.2) is 22.5 Å². The average Bonchev–Trinajstić information content (AvgIpc) is 2.89. The van der Waals surface area contributed by atoms with Crippen LogP contribution in [0.3, 0.4) is 0 Å². The molecule has 184 valence electrons. The smallest absolute Gasteiger partial charge is 0.282 e. The second-order valence-corrected chi connectivity index (χ2v) is 9.03. The Balaban J connectivity index is 1.74. The van der Waals surface area contributed by atoms with Crippen LogP contribution in [0.4, 0.5) is 0 Å². The van der Waals surface area contributed by atoms with E-state index in [0.29, 0.717) is 54.3 Å². The standard InChI is InChI=1S/C29H28BrN3O3/c1-4-10-22-15-21(16-26(35-6-3)28(22)36-19-20-11-8-7-9-12-20)18-31-33-27(5-2)32-25-14-13-23(30)17-24(25)29(33)34/h4,7-9,11-18H,1,5-6,10,19H2,2-3H3. The van der Waals surface area contributed by atoms with Crippen LogP contribution in [0.15, 0.2) is 87.7 Å². The summed E-state index contributed by atoms with van der Waals surface area (Å²) in [5.74, 6) is 1.89. The molecule has 36 heavy (non-hydrogen) atoms. The SMILES string of the molecule is C=CCc1cc(C=Nn2c(CC)nc3ccc(Br)cc3c2=O)cc(OCC)c1OCc1ccccc1. The van der Waals surface area contributed by atoms with Crippen molar-refractivity contribution in [3.63, 3.8) is 0 Å². The first-order valence-electron chi connectivity index (χ1n) is 11.9. The lowest BCUT2D eigenvalue weighted by Crippen LogP contribution is -2.22. The van der Waals surface area contributed by atoms with Crippen molar-refractivity contribution in [2.45, 2.75) is 33.3 Å². The van der Waals surface area contributed by atoms with Crippen molar-refractivity contribution >= 4 is 33.0 Å². The van der Waals surface area contributed by atoms with E-state index >= 15 is 0 Å². The molecule has 0 unspecified atom stereocenters. The molecule has 1 heterocycles. The van der Waals surface area contributed by atoms with Crippen LogP contribution in [0.5, 0.6) is 11.5 Å². The van der Waals surface area contributed by atoms with E-state index < -0.39 is 0 Å². The molecule has 6 nitrogen and oxygen atoms in total. The van der Waals surface area contributed by atoms with Crippen molar-refractivity contribution in [3.05, 3.63) is 111 Å². The summed E-state index contributed by atoms with van der Waals surface area (Å²) in [6.45, 7) is 8.69. The Morgan fingerprint density at radius 1 is 1.08 bits per heavy atom. The third-order valence-corrected chi connectivity index (χ3v) is 6.05. The molecule has 0 bridgehead atoms. The zero-order chi connectivity index (χ0) is 25.5. The van der Waals surface area contributed by atoms with Gasteiger partial charge in [0.2, 0.25) is 0 Å². The van der Waals surface area contributed by atoms with Crippen LogP contribution in [0.2, 0.25) is 0 Å². The van der Waals surface area contributed by atoms with Crippen LogP contribution < -0.4 is 15.0 Å². The van der Waals surface area contributed by atoms with Crippen molar-refractivity contribution in [2.75, 3.05) is 6.61 Å². The number of fused-ring (bicyclic) bond motifs is 1. The summed E-state index contributed by atoms with van der Waals surface area (Å²) in [6, 6.07) is 19.3. The van der Waals surface area contributed by atoms with Gasteiger partial charge in [0.15, 0.2) is 11.5 Å². The topological polar surface area (TPSA) is 65.7 Å². The quantitative estimate of drug-likeness (QED) is 0.173. The number of hydrogen-bond donors (Lipinski definition) is 0. The van der Waals surface area contributed by atoms with Crippen molar-refractivity contribution in [1.82, 2.24) is 9.66 Å². The number of halogens is 1. The first-order valence-corrected chi connectivity index (χ1v) is 12.7. The van der Waals surface area contributed by atoms with Gasteiger partial charge in [0.05, 0.1) is 23.7 Å². The van der Waals surface area contributed by atoms with Crippen molar-refractivity contribution in [1.29, 1.82) is 0 Å². The summed E-state index contributed by atoms with van der Waals surface area (Å²) >= 11 is 3.43. The zero-order valence-corrected chi connectivity index (χ0v) is 22.0. The van der Waals surface area contributed by atoms with Crippen LogP contribution >= 0.6 is 15.9 Å². The van der Waals surface area contributed by atoms with E-state index in [2.05, 4.69) is 32.6 Å². The maximum absolute atomic E-state index is 13.2. The molecule has 3 aromatic carbocycles. The molecule has 7 heteroatoms. The molecular formula is C29H28BrN3O3. The molecule has 0 aliphatic rings. The Morgan fingerprint density at radius 2 is 1.89 bits per heavy atom. The van der Waals surface area contributed by atoms with Gasteiger partial charge in [0.25, 0.3) is 5.56 Å². The third-order valence-electron chi connectivity index (χ3n) is 5.56. The minimum absolute atomic E-state index is 0.214. The Kier molecular flexibility index (Phi) is 8.33. The van der Waals surface area contributed by atoms with Crippen LogP contribution in [0, 0.1) is 0 Å². The van der Waals surface area contributed by atoms with Gasteiger partial charge in [-0.1, -0.05) is 59.3 Å². The third kappa shape index (κ3) is 5.74. The van der Waals surface area contributed by atoms with Gasteiger partial charge in [-0.25, -0.2) is 4.98 Å². The van der Waals surface area contributed by atoms with Crippen LogP contribution in [-0.2, 0) is 19.4 Å². The molecule has 0 spiro atoms. The fourth-order valence-electron chi connectivity index (χ4n) is 3.89. The number of ether oxygens (including phenoxy) is 2. The zero-order valence-electron chi connectivity index (χ0n) is 20.4. The highest BCUT2D eigenvalue weighted by atomic mass is 79.9. The average molecular weight is 546 g/mol. The van der Waals surface area contributed by atoms with E-state index in [1.165, 1.54) is 4.68 Å². The highest BCUT2D eigenvalue weighted by Gasteiger charge is 2.14. The first kappa shape index (κ1) is 25.4. The molecule has 0 aliphatic heterocycles. The minimum atomic E-state index is -0.214. The number of benzene rings is 3. The van der Waals surface area contributed by atoms with Crippen molar-refractivity contribution in [2.24, 2.45) is 5.10 Å². The predicted molar refractivity (Wildman–Crippen MR) is 148 cm³/mol. The molecule has 0 N–H and O–H groups in total. The number of aromatic nitrogens is 2. The molecule has 0 saturated carbocycles. The van der Waals surface area contributed by atoms with E-state index in [-0.39, 0.29) is 5.56 Å². The molecule has 1 aromatic heterocycles. The Morgan fingerprint density at radius 3 is 2.61 bits per heavy atom. The summed E-state index contributed by atoms with van der Waals surface area (Å²) in [4.78, 5) is 17.9. The van der Waals surface area contributed by atoms with Gasteiger partial charge >= 0.3 is 0 Å². The second kappa shape index (κ2) is 11.8. The van der Waals surface area contributed by atoms with Gasteiger partial charge in [0.1, 0.15) is 12.4 Å². The van der Waals surface area contributed by atoms with Gasteiger partial charge in [-0.3, -0.25) is 4.79 Å². The molecule has 0 amide bonds. The van der Waals surface area contributed by atoms with Crippen LogP contribution in [0.1, 0.15) is 36.4 Å². The van der Waals surface area contributed by atoms with E-state index in [1.54, 1.807) is 12.3 Å². The van der Waals surface area contributed by atoms with Gasteiger partial charge in [-0.2, -0.15) is 9.78 Å². The fourth-order valence-corrected chi connectivity index (χ4v) is 4.25. The van der Waals surface area contributed by atoms with Gasteiger partial charge in [-0.15, -0.1) is 6.58 Å². The van der Waals surface area contributed by atoms with Gasteiger partial charge in [-0.05, 0) is 54.8 Å². The lowest BCUT2D eigenvalue weighted by atomic mass is 10.1. The molecule has 0 radical (unpaired) electrons. The monoisotopic (exact) mass is 545 g/mol.